The van der Waals surface area contributed by atoms with Gasteiger partial charge in [0.15, 0.2) is 5.71 Å². The lowest BCUT2D eigenvalue weighted by atomic mass is 10.1. The second-order valence-electron chi connectivity index (χ2n) is 3.02. The molecule has 1 N–H and O–H groups in total. The van der Waals surface area contributed by atoms with Gasteiger partial charge in [0.1, 0.15) is 0 Å². The van der Waals surface area contributed by atoms with Crippen molar-refractivity contribution < 1.29 is 14.7 Å². The van der Waals surface area contributed by atoms with Gasteiger partial charge in [-0.3, -0.25) is 0 Å². The van der Waals surface area contributed by atoms with E-state index in [-0.39, 0.29) is 5.71 Å². The van der Waals surface area contributed by atoms with Gasteiger partial charge in [-0.1, -0.05) is 35.5 Å². The summed E-state index contributed by atoms with van der Waals surface area (Å²) in [6, 6.07) is 9.66. The highest BCUT2D eigenvalue weighted by Gasteiger charge is 2.11. The number of oxime groups is 1. The quantitative estimate of drug-likeness (QED) is 0.353. The number of ether oxygens (including phenoxy) is 1. The fourth-order valence-corrected chi connectivity index (χ4v) is 1.22. The van der Waals surface area contributed by atoms with Gasteiger partial charge in [0.25, 0.3) is 0 Å². The highest BCUT2D eigenvalue weighted by molar-refractivity contribution is 6.36. The van der Waals surface area contributed by atoms with E-state index in [0.29, 0.717) is 12.8 Å². The van der Waals surface area contributed by atoms with E-state index in [1.807, 2.05) is 30.3 Å². The van der Waals surface area contributed by atoms with Crippen LogP contribution >= 0.6 is 0 Å². The van der Waals surface area contributed by atoms with Gasteiger partial charge < -0.3 is 9.94 Å². The van der Waals surface area contributed by atoms with Crippen LogP contribution in [0.3, 0.4) is 0 Å². The van der Waals surface area contributed by atoms with Gasteiger partial charge in [0, 0.05) is 6.42 Å². The fourth-order valence-electron chi connectivity index (χ4n) is 1.22. The van der Waals surface area contributed by atoms with Crippen molar-refractivity contribution in [3.63, 3.8) is 0 Å². The molecule has 0 aromatic heterocycles. The molecule has 0 amide bonds. The van der Waals surface area contributed by atoms with Crippen molar-refractivity contribution in [3.8, 4) is 0 Å². The van der Waals surface area contributed by atoms with Crippen LogP contribution in [0.2, 0.25) is 0 Å². The largest absolute Gasteiger partial charge is 0.464 e. The smallest absolute Gasteiger partial charge is 0.355 e. The molecule has 0 unspecified atom stereocenters. The lowest BCUT2D eigenvalue weighted by molar-refractivity contribution is -0.133. The third-order valence-electron chi connectivity index (χ3n) is 2.04. The molecule has 0 bridgehead atoms. The van der Waals surface area contributed by atoms with Crippen molar-refractivity contribution in [3.05, 3.63) is 35.9 Å². The molecule has 0 spiro atoms. The van der Waals surface area contributed by atoms with Gasteiger partial charge in [-0.15, -0.1) is 0 Å². The Balaban J connectivity index is 2.53. The molecule has 1 aromatic rings. The van der Waals surface area contributed by atoms with E-state index in [2.05, 4.69) is 9.89 Å². The van der Waals surface area contributed by atoms with Crippen LogP contribution in [0, 0.1) is 0 Å². The summed E-state index contributed by atoms with van der Waals surface area (Å²) in [4.78, 5) is 11.1. The van der Waals surface area contributed by atoms with Gasteiger partial charge in [-0.25, -0.2) is 4.79 Å². The predicted molar refractivity (Wildman–Crippen MR) is 56.0 cm³/mol. The Hall–Kier alpha value is -1.84. The van der Waals surface area contributed by atoms with Crippen LogP contribution < -0.4 is 0 Å². The first kappa shape index (κ1) is 11.2. The molecule has 1 rings (SSSR count). The molecule has 1 aromatic carbocycles. The van der Waals surface area contributed by atoms with Crippen LogP contribution in [0.4, 0.5) is 0 Å². The minimum Gasteiger partial charge on any atom is -0.464 e. The molecular formula is C11H13NO3. The summed E-state index contributed by atoms with van der Waals surface area (Å²) < 4.78 is 4.46. The number of carbonyl (C=O) groups is 1. The van der Waals surface area contributed by atoms with Crippen LogP contribution in [0.15, 0.2) is 35.5 Å². The number of hydrogen-bond donors (Lipinski definition) is 1. The molecule has 80 valence electrons. The van der Waals surface area contributed by atoms with E-state index in [4.69, 9.17) is 5.21 Å². The van der Waals surface area contributed by atoms with Crippen LogP contribution in [0.25, 0.3) is 0 Å². The minimum absolute atomic E-state index is 0.0429. The van der Waals surface area contributed by atoms with Crippen molar-refractivity contribution >= 4 is 11.7 Å². The Morgan fingerprint density at radius 1 is 1.40 bits per heavy atom. The molecule has 0 heterocycles. The van der Waals surface area contributed by atoms with Crippen molar-refractivity contribution in [1.29, 1.82) is 0 Å². The summed E-state index contributed by atoms with van der Waals surface area (Å²) in [7, 11) is 1.26. The normalized spacial score (nSPS) is 11.1. The highest BCUT2D eigenvalue weighted by Crippen LogP contribution is 2.04. The molecule has 0 aliphatic heterocycles. The monoisotopic (exact) mass is 207 g/mol. The molecule has 0 aliphatic carbocycles. The summed E-state index contributed by atoms with van der Waals surface area (Å²) in [6.45, 7) is 0. The minimum atomic E-state index is -0.589. The SMILES string of the molecule is COC(=O)C(CCc1ccccc1)=NO. The molecule has 0 saturated heterocycles. The summed E-state index contributed by atoms with van der Waals surface area (Å²) in [5.41, 5.74) is 1.13. The Labute approximate surface area is 88.2 Å². The topological polar surface area (TPSA) is 58.9 Å². The van der Waals surface area contributed by atoms with Gasteiger partial charge in [-0.05, 0) is 12.0 Å². The number of benzene rings is 1. The van der Waals surface area contributed by atoms with E-state index < -0.39 is 5.97 Å². The molecular weight excluding hydrogens is 194 g/mol. The number of carbonyl (C=O) groups excluding carboxylic acids is 1. The Morgan fingerprint density at radius 3 is 2.60 bits per heavy atom. The molecule has 0 atom stereocenters. The summed E-state index contributed by atoms with van der Waals surface area (Å²) in [5, 5.41) is 11.5. The highest BCUT2D eigenvalue weighted by atomic mass is 16.5. The maximum Gasteiger partial charge on any atom is 0.355 e. The van der Waals surface area contributed by atoms with Gasteiger partial charge >= 0.3 is 5.97 Å². The number of aryl methyl sites for hydroxylation is 1. The Morgan fingerprint density at radius 2 is 2.07 bits per heavy atom. The number of nitrogens with zero attached hydrogens (tertiary/aromatic N) is 1. The maximum atomic E-state index is 11.1. The first-order valence-electron chi connectivity index (χ1n) is 4.61. The van der Waals surface area contributed by atoms with Gasteiger partial charge in [0.2, 0.25) is 0 Å². The van der Waals surface area contributed by atoms with Crippen molar-refractivity contribution in [1.82, 2.24) is 0 Å². The molecule has 0 radical (unpaired) electrons. The lowest BCUT2D eigenvalue weighted by Crippen LogP contribution is -2.16. The van der Waals surface area contributed by atoms with Crippen LogP contribution in [-0.2, 0) is 16.0 Å². The molecule has 4 nitrogen and oxygen atoms in total. The number of esters is 1. The van der Waals surface area contributed by atoms with E-state index in [1.54, 1.807) is 0 Å². The first-order chi connectivity index (χ1) is 7.27. The summed E-state index contributed by atoms with van der Waals surface area (Å²) in [6.07, 6.45) is 1.02. The third kappa shape index (κ3) is 3.42. The van der Waals surface area contributed by atoms with E-state index in [1.165, 1.54) is 7.11 Å². The van der Waals surface area contributed by atoms with E-state index in [9.17, 15) is 4.79 Å². The number of hydrogen-bond acceptors (Lipinski definition) is 4. The number of rotatable bonds is 4. The van der Waals surface area contributed by atoms with Crippen molar-refractivity contribution in [2.45, 2.75) is 12.8 Å². The zero-order valence-corrected chi connectivity index (χ0v) is 8.51. The molecule has 0 fully saturated rings. The first-order valence-corrected chi connectivity index (χ1v) is 4.61. The predicted octanol–water partition coefficient (Wildman–Crippen LogP) is 1.62. The molecule has 0 saturated carbocycles. The summed E-state index contributed by atoms with van der Waals surface area (Å²) >= 11 is 0. The average Bonchev–Trinajstić information content (AvgIpc) is 2.31. The van der Waals surface area contributed by atoms with E-state index >= 15 is 0 Å². The maximum absolute atomic E-state index is 11.1. The van der Waals surface area contributed by atoms with Crippen LogP contribution in [0.1, 0.15) is 12.0 Å². The van der Waals surface area contributed by atoms with Crippen LogP contribution in [-0.4, -0.2) is 24.0 Å². The number of methoxy groups -OCH3 is 1. The molecule has 4 heteroatoms. The zero-order valence-electron chi connectivity index (χ0n) is 8.51. The average molecular weight is 207 g/mol. The van der Waals surface area contributed by atoms with Crippen molar-refractivity contribution in [2.24, 2.45) is 5.16 Å². The van der Waals surface area contributed by atoms with Gasteiger partial charge in [0.05, 0.1) is 7.11 Å². The second-order valence-corrected chi connectivity index (χ2v) is 3.02. The van der Waals surface area contributed by atoms with Crippen LogP contribution in [0.5, 0.6) is 0 Å². The molecule has 0 aliphatic rings. The standard InChI is InChI=1S/C11H13NO3/c1-15-11(13)10(12-14)8-7-9-5-3-2-4-6-9/h2-6,14H,7-8H2,1H3. The fraction of sp³-hybridized carbons (Fsp3) is 0.273. The summed E-state index contributed by atoms with van der Waals surface area (Å²) in [5.74, 6) is -0.589. The van der Waals surface area contributed by atoms with Gasteiger partial charge in [-0.2, -0.15) is 0 Å². The third-order valence-corrected chi connectivity index (χ3v) is 2.04. The van der Waals surface area contributed by atoms with E-state index in [0.717, 1.165) is 5.56 Å². The van der Waals surface area contributed by atoms with Crippen molar-refractivity contribution in [2.75, 3.05) is 7.11 Å². The zero-order chi connectivity index (χ0) is 11.1. The Kier molecular flexibility index (Phi) is 4.34. The second kappa shape index (κ2) is 5.80. The lowest BCUT2D eigenvalue weighted by Gasteiger charge is -2.02. The Bertz CT molecular complexity index is 346. The molecule has 15 heavy (non-hydrogen) atoms.